The molecule has 0 aliphatic heterocycles. The van der Waals surface area contributed by atoms with Crippen LogP contribution >= 0.6 is 11.3 Å². The van der Waals surface area contributed by atoms with Gasteiger partial charge in [-0.1, -0.05) is 19.8 Å². The monoisotopic (exact) mass is 253 g/mol. The second-order valence-electron chi connectivity index (χ2n) is 4.89. The lowest BCUT2D eigenvalue weighted by Crippen LogP contribution is -2.44. The fraction of sp³-hybridized carbons (Fsp3) is 0.769. The third kappa shape index (κ3) is 3.27. The highest BCUT2D eigenvalue weighted by Crippen LogP contribution is 2.28. The Labute approximate surface area is 108 Å². The maximum absolute atomic E-state index is 5.92. The summed E-state index contributed by atoms with van der Waals surface area (Å²) in [5, 5.41) is 2.16. The SMILES string of the molecule is CCN(Cc1cscn1)C1CCCCC1CN. The van der Waals surface area contributed by atoms with E-state index in [-0.39, 0.29) is 0 Å². The van der Waals surface area contributed by atoms with Gasteiger partial charge in [-0.15, -0.1) is 11.3 Å². The normalized spacial score (nSPS) is 25.4. The van der Waals surface area contributed by atoms with Crippen molar-refractivity contribution in [2.45, 2.75) is 45.2 Å². The molecule has 0 radical (unpaired) electrons. The molecule has 0 saturated heterocycles. The number of rotatable bonds is 5. The van der Waals surface area contributed by atoms with Crippen LogP contribution in [0.25, 0.3) is 0 Å². The van der Waals surface area contributed by atoms with Crippen molar-refractivity contribution in [2.75, 3.05) is 13.1 Å². The van der Waals surface area contributed by atoms with Gasteiger partial charge in [-0.05, 0) is 31.8 Å². The van der Waals surface area contributed by atoms with Gasteiger partial charge < -0.3 is 5.73 Å². The van der Waals surface area contributed by atoms with E-state index in [2.05, 4.69) is 22.2 Å². The smallest absolute Gasteiger partial charge is 0.0795 e. The molecule has 0 amide bonds. The van der Waals surface area contributed by atoms with Crippen LogP contribution in [0.4, 0.5) is 0 Å². The Hall–Kier alpha value is -0.450. The van der Waals surface area contributed by atoms with E-state index < -0.39 is 0 Å². The zero-order valence-electron chi connectivity index (χ0n) is 10.6. The molecule has 0 bridgehead atoms. The van der Waals surface area contributed by atoms with Crippen molar-refractivity contribution in [3.63, 3.8) is 0 Å². The summed E-state index contributed by atoms with van der Waals surface area (Å²) in [5.74, 6) is 0.683. The first-order valence-electron chi connectivity index (χ1n) is 6.66. The molecule has 1 aliphatic rings. The number of hydrogen-bond acceptors (Lipinski definition) is 4. The topological polar surface area (TPSA) is 42.2 Å². The van der Waals surface area contributed by atoms with E-state index in [1.807, 2.05) is 5.51 Å². The summed E-state index contributed by atoms with van der Waals surface area (Å²) in [6, 6.07) is 0.667. The maximum Gasteiger partial charge on any atom is 0.0795 e. The Bertz CT molecular complexity index is 312. The van der Waals surface area contributed by atoms with Crippen molar-refractivity contribution in [3.05, 3.63) is 16.6 Å². The molecule has 17 heavy (non-hydrogen) atoms. The van der Waals surface area contributed by atoms with Crippen molar-refractivity contribution in [1.82, 2.24) is 9.88 Å². The van der Waals surface area contributed by atoms with Gasteiger partial charge in [0.2, 0.25) is 0 Å². The van der Waals surface area contributed by atoms with E-state index in [0.717, 1.165) is 19.6 Å². The number of nitrogens with two attached hydrogens (primary N) is 1. The zero-order chi connectivity index (χ0) is 12.1. The summed E-state index contributed by atoms with van der Waals surface area (Å²) in [4.78, 5) is 6.96. The lowest BCUT2D eigenvalue weighted by molar-refractivity contribution is 0.104. The first kappa shape index (κ1) is 13.0. The van der Waals surface area contributed by atoms with Crippen LogP contribution < -0.4 is 5.73 Å². The molecule has 1 aromatic rings. The maximum atomic E-state index is 5.92. The fourth-order valence-corrected chi connectivity index (χ4v) is 3.48. The number of aromatic nitrogens is 1. The highest BCUT2D eigenvalue weighted by atomic mass is 32.1. The molecule has 1 fully saturated rings. The summed E-state index contributed by atoms with van der Waals surface area (Å²) < 4.78 is 0. The Kier molecular flexibility index (Phi) is 4.95. The third-order valence-corrected chi connectivity index (χ3v) is 4.53. The van der Waals surface area contributed by atoms with Gasteiger partial charge in [0.1, 0.15) is 0 Å². The minimum atomic E-state index is 0.667. The van der Waals surface area contributed by atoms with Gasteiger partial charge in [-0.25, -0.2) is 4.98 Å². The molecule has 0 aromatic carbocycles. The lowest BCUT2D eigenvalue weighted by Gasteiger charge is -2.39. The molecule has 0 spiro atoms. The van der Waals surface area contributed by atoms with Crippen LogP contribution in [0, 0.1) is 5.92 Å². The Morgan fingerprint density at radius 1 is 1.47 bits per heavy atom. The summed E-state index contributed by atoms with van der Waals surface area (Å²) >= 11 is 1.68. The number of hydrogen-bond donors (Lipinski definition) is 1. The molecule has 1 aromatic heterocycles. The number of nitrogens with zero attached hydrogens (tertiary/aromatic N) is 2. The summed E-state index contributed by atoms with van der Waals surface area (Å²) in [6.07, 6.45) is 5.32. The van der Waals surface area contributed by atoms with Crippen molar-refractivity contribution < 1.29 is 0 Å². The highest BCUT2D eigenvalue weighted by Gasteiger charge is 2.28. The second kappa shape index (κ2) is 6.47. The molecule has 2 N–H and O–H groups in total. The van der Waals surface area contributed by atoms with Crippen LogP contribution in [-0.4, -0.2) is 29.0 Å². The van der Waals surface area contributed by atoms with Gasteiger partial charge in [0.15, 0.2) is 0 Å². The van der Waals surface area contributed by atoms with Gasteiger partial charge in [0.25, 0.3) is 0 Å². The Morgan fingerprint density at radius 3 is 2.94 bits per heavy atom. The van der Waals surface area contributed by atoms with Crippen LogP contribution in [0.15, 0.2) is 10.9 Å². The standard InChI is InChI=1S/C13H23N3S/c1-2-16(8-12-9-17-10-15-12)13-6-4-3-5-11(13)7-14/h9-11,13H,2-8,14H2,1H3. The summed E-state index contributed by atoms with van der Waals surface area (Å²) in [5.41, 5.74) is 9.05. The summed E-state index contributed by atoms with van der Waals surface area (Å²) in [6.45, 7) is 5.16. The molecule has 2 atom stereocenters. The Balaban J connectivity index is 2.00. The lowest BCUT2D eigenvalue weighted by atomic mass is 9.83. The van der Waals surface area contributed by atoms with Crippen molar-refractivity contribution in [3.8, 4) is 0 Å². The molecule has 3 nitrogen and oxygen atoms in total. The van der Waals surface area contributed by atoms with Crippen molar-refractivity contribution in [1.29, 1.82) is 0 Å². The third-order valence-electron chi connectivity index (χ3n) is 3.90. The van der Waals surface area contributed by atoms with Crippen LogP contribution in [-0.2, 0) is 6.54 Å². The van der Waals surface area contributed by atoms with E-state index in [1.165, 1.54) is 31.4 Å². The zero-order valence-corrected chi connectivity index (χ0v) is 11.5. The van der Waals surface area contributed by atoms with E-state index in [4.69, 9.17) is 5.73 Å². The van der Waals surface area contributed by atoms with Gasteiger partial charge in [-0.3, -0.25) is 4.90 Å². The predicted molar refractivity (Wildman–Crippen MR) is 73.0 cm³/mol. The molecule has 4 heteroatoms. The highest BCUT2D eigenvalue weighted by molar-refractivity contribution is 7.07. The van der Waals surface area contributed by atoms with Crippen LogP contribution in [0.2, 0.25) is 0 Å². The first-order chi connectivity index (χ1) is 8.35. The molecular weight excluding hydrogens is 230 g/mol. The molecule has 1 aliphatic carbocycles. The molecular formula is C13H23N3S. The van der Waals surface area contributed by atoms with E-state index >= 15 is 0 Å². The minimum absolute atomic E-state index is 0.667. The van der Waals surface area contributed by atoms with E-state index in [1.54, 1.807) is 11.3 Å². The predicted octanol–water partition coefficient (Wildman–Crippen LogP) is 2.48. The van der Waals surface area contributed by atoms with E-state index in [0.29, 0.717) is 12.0 Å². The van der Waals surface area contributed by atoms with Crippen LogP contribution in [0.5, 0.6) is 0 Å². The quantitative estimate of drug-likeness (QED) is 0.876. The van der Waals surface area contributed by atoms with E-state index in [9.17, 15) is 0 Å². The second-order valence-corrected chi connectivity index (χ2v) is 5.61. The molecule has 2 rings (SSSR count). The minimum Gasteiger partial charge on any atom is -0.330 e. The van der Waals surface area contributed by atoms with Gasteiger partial charge in [0.05, 0.1) is 11.2 Å². The van der Waals surface area contributed by atoms with Crippen molar-refractivity contribution in [2.24, 2.45) is 11.7 Å². The van der Waals surface area contributed by atoms with Crippen molar-refractivity contribution >= 4 is 11.3 Å². The van der Waals surface area contributed by atoms with Gasteiger partial charge in [0, 0.05) is 18.0 Å². The Morgan fingerprint density at radius 2 is 2.29 bits per heavy atom. The largest absolute Gasteiger partial charge is 0.330 e. The van der Waals surface area contributed by atoms with Crippen LogP contribution in [0.1, 0.15) is 38.3 Å². The summed E-state index contributed by atoms with van der Waals surface area (Å²) in [7, 11) is 0. The average molecular weight is 253 g/mol. The van der Waals surface area contributed by atoms with Gasteiger partial charge in [-0.2, -0.15) is 0 Å². The average Bonchev–Trinajstić information content (AvgIpc) is 2.89. The molecule has 1 heterocycles. The van der Waals surface area contributed by atoms with Crippen LogP contribution in [0.3, 0.4) is 0 Å². The number of thiazole rings is 1. The first-order valence-corrected chi connectivity index (χ1v) is 7.60. The molecule has 1 saturated carbocycles. The molecule has 96 valence electrons. The van der Waals surface area contributed by atoms with Gasteiger partial charge >= 0.3 is 0 Å². The molecule has 2 unspecified atom stereocenters. The fourth-order valence-electron chi connectivity index (χ4n) is 2.93.